The van der Waals surface area contributed by atoms with Gasteiger partial charge in [0, 0.05) is 11.6 Å². The van der Waals surface area contributed by atoms with E-state index >= 15 is 0 Å². The third-order valence-electron chi connectivity index (χ3n) is 3.19. The first kappa shape index (κ1) is 11.6. The third-order valence-corrected chi connectivity index (χ3v) is 3.19. The summed E-state index contributed by atoms with van der Waals surface area (Å²) in [6.07, 6.45) is 1.71. The van der Waals surface area contributed by atoms with Crippen molar-refractivity contribution >= 4 is 17.6 Å². The van der Waals surface area contributed by atoms with Crippen LogP contribution < -0.4 is 5.32 Å². The quantitative estimate of drug-likeness (QED) is 0.840. The fourth-order valence-electron chi connectivity index (χ4n) is 2.21. The Labute approximate surface area is 99.6 Å². The van der Waals surface area contributed by atoms with Crippen molar-refractivity contribution in [1.82, 2.24) is 0 Å². The van der Waals surface area contributed by atoms with E-state index in [1.54, 1.807) is 0 Å². The normalized spacial score (nSPS) is 23.3. The molecular weight excluding hydrogens is 218 g/mol. The van der Waals surface area contributed by atoms with Crippen molar-refractivity contribution in [2.75, 3.05) is 5.32 Å². The van der Waals surface area contributed by atoms with Gasteiger partial charge in [-0.05, 0) is 31.4 Å². The van der Waals surface area contributed by atoms with Crippen LogP contribution in [0.4, 0.5) is 5.69 Å². The Morgan fingerprint density at radius 2 is 1.76 bits per heavy atom. The summed E-state index contributed by atoms with van der Waals surface area (Å²) in [5.74, 6) is -1.39. The van der Waals surface area contributed by atoms with E-state index in [4.69, 9.17) is 5.11 Å². The lowest BCUT2D eigenvalue weighted by molar-refractivity contribution is -0.141. The molecule has 1 aromatic rings. The van der Waals surface area contributed by atoms with Crippen LogP contribution in [-0.2, 0) is 9.59 Å². The van der Waals surface area contributed by atoms with Crippen molar-refractivity contribution in [3.8, 4) is 0 Å². The zero-order chi connectivity index (χ0) is 12.3. The summed E-state index contributed by atoms with van der Waals surface area (Å²) < 4.78 is 0. The summed E-state index contributed by atoms with van der Waals surface area (Å²) in [6.45, 7) is 0. The molecule has 2 rings (SSSR count). The first-order valence-corrected chi connectivity index (χ1v) is 5.75. The van der Waals surface area contributed by atoms with Crippen molar-refractivity contribution in [1.29, 1.82) is 0 Å². The standard InChI is InChI=1S/C13H15NO3/c15-12(14-11-4-2-1-3-5-11)9-6-7-10(8-9)13(16)17/h1-5,9-10H,6-8H2,(H,14,15)(H,16,17). The van der Waals surface area contributed by atoms with E-state index in [2.05, 4.69) is 5.32 Å². The molecule has 0 radical (unpaired) electrons. The van der Waals surface area contributed by atoms with Crippen LogP contribution in [0.1, 0.15) is 19.3 Å². The molecule has 2 N–H and O–H groups in total. The number of carbonyl (C=O) groups is 2. The largest absolute Gasteiger partial charge is 0.481 e. The summed E-state index contributed by atoms with van der Waals surface area (Å²) in [5.41, 5.74) is 0.760. The predicted molar refractivity (Wildman–Crippen MR) is 63.5 cm³/mol. The molecule has 4 heteroatoms. The second kappa shape index (κ2) is 4.99. The van der Waals surface area contributed by atoms with Crippen molar-refractivity contribution < 1.29 is 14.7 Å². The van der Waals surface area contributed by atoms with Crippen LogP contribution in [-0.4, -0.2) is 17.0 Å². The van der Waals surface area contributed by atoms with E-state index in [0.717, 1.165) is 5.69 Å². The number of rotatable bonds is 3. The molecule has 1 saturated carbocycles. The minimum Gasteiger partial charge on any atom is -0.481 e. The van der Waals surface area contributed by atoms with Gasteiger partial charge >= 0.3 is 5.97 Å². The highest BCUT2D eigenvalue weighted by molar-refractivity contribution is 5.93. The molecule has 1 amide bonds. The van der Waals surface area contributed by atoms with Gasteiger partial charge in [0.15, 0.2) is 0 Å². The minimum atomic E-state index is -0.792. The van der Waals surface area contributed by atoms with Gasteiger partial charge in [0.1, 0.15) is 0 Å². The second-order valence-electron chi connectivity index (χ2n) is 4.40. The molecule has 1 aliphatic carbocycles. The molecule has 2 atom stereocenters. The van der Waals surface area contributed by atoms with Crippen molar-refractivity contribution in [3.63, 3.8) is 0 Å². The van der Waals surface area contributed by atoms with E-state index in [-0.39, 0.29) is 17.7 Å². The number of carboxylic acid groups (broad SMARTS) is 1. The van der Waals surface area contributed by atoms with Crippen molar-refractivity contribution in [2.45, 2.75) is 19.3 Å². The molecule has 4 nitrogen and oxygen atoms in total. The number of aliphatic carboxylic acids is 1. The number of carboxylic acids is 1. The van der Waals surface area contributed by atoms with E-state index in [1.165, 1.54) is 0 Å². The number of anilines is 1. The summed E-state index contributed by atoms with van der Waals surface area (Å²) in [4.78, 5) is 22.7. The van der Waals surface area contributed by atoms with Gasteiger partial charge in [0.05, 0.1) is 5.92 Å². The van der Waals surface area contributed by atoms with E-state index in [1.807, 2.05) is 30.3 Å². The number of hydrogen-bond acceptors (Lipinski definition) is 2. The first-order valence-electron chi connectivity index (χ1n) is 5.75. The van der Waals surface area contributed by atoms with Crippen LogP contribution in [0.3, 0.4) is 0 Å². The Kier molecular flexibility index (Phi) is 3.42. The Morgan fingerprint density at radius 3 is 2.35 bits per heavy atom. The molecule has 0 aromatic heterocycles. The monoisotopic (exact) mass is 233 g/mol. The molecule has 2 unspecified atom stereocenters. The Morgan fingerprint density at radius 1 is 1.12 bits per heavy atom. The topological polar surface area (TPSA) is 66.4 Å². The number of hydrogen-bond donors (Lipinski definition) is 2. The fourth-order valence-corrected chi connectivity index (χ4v) is 2.21. The minimum absolute atomic E-state index is 0.0695. The van der Waals surface area contributed by atoms with Gasteiger partial charge in [-0.2, -0.15) is 0 Å². The lowest BCUT2D eigenvalue weighted by atomic mass is 10.0. The maximum Gasteiger partial charge on any atom is 0.306 e. The number of benzene rings is 1. The SMILES string of the molecule is O=C(O)C1CCC(C(=O)Nc2ccccc2)C1. The summed E-state index contributed by atoms with van der Waals surface area (Å²) in [5, 5.41) is 11.7. The molecule has 0 bridgehead atoms. The predicted octanol–water partition coefficient (Wildman–Crippen LogP) is 2.13. The zero-order valence-corrected chi connectivity index (χ0v) is 9.43. The zero-order valence-electron chi connectivity index (χ0n) is 9.43. The first-order chi connectivity index (χ1) is 8.16. The maximum atomic E-state index is 11.9. The Hall–Kier alpha value is -1.84. The molecule has 1 aliphatic rings. The number of carbonyl (C=O) groups excluding carboxylic acids is 1. The Bertz CT molecular complexity index is 416. The number of nitrogens with one attached hydrogen (secondary N) is 1. The molecular formula is C13H15NO3. The van der Waals surface area contributed by atoms with Crippen LogP contribution in [0.5, 0.6) is 0 Å². The highest BCUT2D eigenvalue weighted by atomic mass is 16.4. The van der Waals surface area contributed by atoms with Gasteiger partial charge in [0.2, 0.25) is 5.91 Å². The van der Waals surface area contributed by atoms with E-state index in [9.17, 15) is 9.59 Å². The Balaban J connectivity index is 1.92. The second-order valence-corrected chi connectivity index (χ2v) is 4.40. The molecule has 17 heavy (non-hydrogen) atoms. The van der Waals surface area contributed by atoms with E-state index < -0.39 is 5.97 Å². The molecule has 90 valence electrons. The number of para-hydroxylation sites is 1. The molecule has 0 saturated heterocycles. The van der Waals surface area contributed by atoms with Gasteiger partial charge in [-0.1, -0.05) is 18.2 Å². The van der Waals surface area contributed by atoms with Crippen molar-refractivity contribution in [3.05, 3.63) is 30.3 Å². The molecule has 0 heterocycles. The van der Waals surface area contributed by atoms with Crippen molar-refractivity contribution in [2.24, 2.45) is 11.8 Å². The molecule has 0 aliphatic heterocycles. The third kappa shape index (κ3) is 2.84. The van der Waals surface area contributed by atoms with Crippen LogP contribution in [0.25, 0.3) is 0 Å². The molecule has 1 fully saturated rings. The van der Waals surface area contributed by atoms with Gasteiger partial charge in [-0.3, -0.25) is 9.59 Å². The van der Waals surface area contributed by atoms with Crippen LogP contribution in [0.15, 0.2) is 30.3 Å². The maximum absolute atomic E-state index is 11.9. The van der Waals surface area contributed by atoms with Crippen LogP contribution in [0, 0.1) is 11.8 Å². The summed E-state index contributed by atoms with van der Waals surface area (Å²) in [7, 11) is 0. The summed E-state index contributed by atoms with van der Waals surface area (Å²) >= 11 is 0. The van der Waals surface area contributed by atoms with Gasteiger partial charge in [-0.15, -0.1) is 0 Å². The highest BCUT2D eigenvalue weighted by Gasteiger charge is 2.33. The lowest BCUT2D eigenvalue weighted by Crippen LogP contribution is -2.21. The van der Waals surface area contributed by atoms with Gasteiger partial charge in [-0.25, -0.2) is 0 Å². The molecule has 1 aromatic carbocycles. The fraction of sp³-hybridized carbons (Fsp3) is 0.385. The average Bonchev–Trinajstić information content (AvgIpc) is 2.79. The highest BCUT2D eigenvalue weighted by Crippen LogP contribution is 2.31. The van der Waals surface area contributed by atoms with E-state index in [0.29, 0.717) is 19.3 Å². The number of amides is 1. The summed E-state index contributed by atoms with van der Waals surface area (Å²) in [6, 6.07) is 9.23. The average molecular weight is 233 g/mol. The van der Waals surface area contributed by atoms with Crippen LogP contribution in [0.2, 0.25) is 0 Å². The van der Waals surface area contributed by atoms with Crippen LogP contribution >= 0.6 is 0 Å². The van der Waals surface area contributed by atoms with Gasteiger partial charge < -0.3 is 10.4 Å². The van der Waals surface area contributed by atoms with Gasteiger partial charge in [0.25, 0.3) is 0 Å². The molecule has 0 spiro atoms. The smallest absolute Gasteiger partial charge is 0.306 e. The lowest BCUT2D eigenvalue weighted by Gasteiger charge is -2.10.